The van der Waals surface area contributed by atoms with E-state index in [1.54, 1.807) is 31.6 Å². The number of carbonyl (C=O) groups excluding carboxylic acids is 1. The van der Waals surface area contributed by atoms with Crippen molar-refractivity contribution in [2.75, 3.05) is 19.4 Å². The topological polar surface area (TPSA) is 95.4 Å². The van der Waals surface area contributed by atoms with Crippen LogP contribution >= 0.6 is 11.3 Å². The number of hydrogen-bond donors (Lipinski definition) is 2. The first-order valence-corrected chi connectivity index (χ1v) is 6.95. The monoisotopic (exact) mass is 306 g/mol. The number of carboxylic acids is 1. The molecular weight excluding hydrogens is 292 g/mol. The van der Waals surface area contributed by atoms with E-state index in [1.807, 2.05) is 0 Å². The highest BCUT2D eigenvalue weighted by molar-refractivity contribution is 7.10. The number of nitrogens with one attached hydrogen (secondary N) is 1. The van der Waals surface area contributed by atoms with E-state index in [4.69, 9.17) is 0 Å². The lowest BCUT2D eigenvalue weighted by molar-refractivity contribution is -0.138. The molecule has 0 saturated heterocycles. The summed E-state index contributed by atoms with van der Waals surface area (Å²) in [6.07, 6.45) is 0. The van der Waals surface area contributed by atoms with Crippen molar-refractivity contribution in [2.45, 2.75) is 6.04 Å². The minimum absolute atomic E-state index is 0.202. The van der Waals surface area contributed by atoms with Crippen LogP contribution in [0.15, 0.2) is 29.6 Å². The molecule has 0 fully saturated rings. The third-order valence-corrected chi connectivity index (χ3v) is 3.59. The number of aromatic nitrogens is 2. The Labute approximate surface area is 125 Å². The Morgan fingerprint density at radius 3 is 2.52 bits per heavy atom. The maximum Gasteiger partial charge on any atom is 0.331 e. The van der Waals surface area contributed by atoms with Gasteiger partial charge >= 0.3 is 5.97 Å². The SMILES string of the molecule is CN(C)C(=O)c1ccc(NC(C(=O)O)c2cccs2)nn1. The first-order valence-electron chi connectivity index (χ1n) is 6.07. The van der Waals surface area contributed by atoms with E-state index in [0.717, 1.165) is 0 Å². The smallest absolute Gasteiger partial charge is 0.331 e. The molecule has 0 aliphatic heterocycles. The van der Waals surface area contributed by atoms with Crippen LogP contribution < -0.4 is 5.32 Å². The molecule has 0 aliphatic carbocycles. The van der Waals surface area contributed by atoms with Gasteiger partial charge in [-0.05, 0) is 23.6 Å². The van der Waals surface area contributed by atoms with E-state index in [2.05, 4.69) is 15.5 Å². The Morgan fingerprint density at radius 2 is 2.05 bits per heavy atom. The van der Waals surface area contributed by atoms with Gasteiger partial charge in [0.25, 0.3) is 5.91 Å². The molecule has 1 atom stereocenters. The van der Waals surface area contributed by atoms with Gasteiger partial charge in [-0.25, -0.2) is 4.79 Å². The van der Waals surface area contributed by atoms with Crippen LogP contribution in [0.4, 0.5) is 5.82 Å². The molecular formula is C13H14N4O3S. The number of nitrogens with zero attached hydrogens (tertiary/aromatic N) is 3. The molecule has 110 valence electrons. The predicted octanol–water partition coefficient (Wildman–Crippen LogP) is 1.48. The Balaban J connectivity index is 2.15. The zero-order chi connectivity index (χ0) is 15.4. The number of carboxylic acid groups (broad SMARTS) is 1. The van der Waals surface area contributed by atoms with E-state index in [1.165, 1.54) is 28.4 Å². The van der Waals surface area contributed by atoms with Crippen LogP contribution in [0, 0.1) is 0 Å². The largest absolute Gasteiger partial charge is 0.479 e. The maximum absolute atomic E-state index is 11.7. The summed E-state index contributed by atoms with van der Waals surface area (Å²) in [6.45, 7) is 0. The Morgan fingerprint density at radius 1 is 1.29 bits per heavy atom. The molecule has 1 amide bonds. The quantitative estimate of drug-likeness (QED) is 0.868. The molecule has 0 aromatic carbocycles. The molecule has 7 nitrogen and oxygen atoms in total. The lowest BCUT2D eigenvalue weighted by Crippen LogP contribution is -2.24. The maximum atomic E-state index is 11.7. The number of rotatable bonds is 5. The van der Waals surface area contributed by atoms with Gasteiger partial charge < -0.3 is 15.3 Å². The Bertz CT molecular complexity index is 625. The molecule has 0 aliphatic rings. The van der Waals surface area contributed by atoms with E-state index >= 15 is 0 Å². The van der Waals surface area contributed by atoms with Gasteiger partial charge in [-0.3, -0.25) is 4.79 Å². The zero-order valence-electron chi connectivity index (χ0n) is 11.5. The first-order chi connectivity index (χ1) is 9.99. The van der Waals surface area contributed by atoms with E-state index in [9.17, 15) is 14.7 Å². The van der Waals surface area contributed by atoms with Crippen LogP contribution in [0.5, 0.6) is 0 Å². The molecule has 0 saturated carbocycles. The van der Waals surface area contributed by atoms with Crippen molar-refractivity contribution >= 4 is 29.0 Å². The summed E-state index contributed by atoms with van der Waals surface area (Å²) in [4.78, 5) is 25.0. The van der Waals surface area contributed by atoms with Crippen LogP contribution in [0.3, 0.4) is 0 Å². The van der Waals surface area contributed by atoms with Gasteiger partial charge in [-0.1, -0.05) is 6.07 Å². The molecule has 8 heteroatoms. The molecule has 0 radical (unpaired) electrons. The standard InChI is InChI=1S/C13H14N4O3S/c1-17(2)12(18)8-5-6-10(16-15-8)14-11(13(19)20)9-4-3-7-21-9/h3-7,11H,1-2H3,(H,14,16)(H,19,20). The fourth-order valence-corrected chi connectivity index (χ4v) is 2.38. The van der Waals surface area contributed by atoms with Crippen molar-refractivity contribution in [3.8, 4) is 0 Å². The predicted molar refractivity (Wildman–Crippen MR) is 78.4 cm³/mol. The summed E-state index contributed by atoms with van der Waals surface area (Å²) >= 11 is 1.34. The van der Waals surface area contributed by atoms with Gasteiger partial charge in [0, 0.05) is 19.0 Å². The third-order valence-electron chi connectivity index (χ3n) is 2.66. The highest BCUT2D eigenvalue weighted by atomic mass is 32.1. The van der Waals surface area contributed by atoms with Crippen LogP contribution in [0.1, 0.15) is 21.4 Å². The lowest BCUT2D eigenvalue weighted by Gasteiger charge is -2.13. The van der Waals surface area contributed by atoms with Crippen LogP contribution in [0.25, 0.3) is 0 Å². The van der Waals surface area contributed by atoms with Crippen molar-refractivity contribution in [3.63, 3.8) is 0 Å². The summed E-state index contributed by atoms with van der Waals surface area (Å²) in [5, 5.41) is 21.5. The van der Waals surface area contributed by atoms with E-state index < -0.39 is 12.0 Å². The van der Waals surface area contributed by atoms with Gasteiger partial charge in [0.15, 0.2) is 11.7 Å². The minimum Gasteiger partial charge on any atom is -0.479 e. The Kier molecular flexibility index (Phi) is 4.49. The molecule has 2 aromatic rings. The van der Waals surface area contributed by atoms with Gasteiger partial charge in [0.2, 0.25) is 0 Å². The van der Waals surface area contributed by atoms with Crippen molar-refractivity contribution in [3.05, 3.63) is 40.2 Å². The summed E-state index contributed by atoms with van der Waals surface area (Å²) in [5.41, 5.74) is 0.202. The fraction of sp³-hybridized carbons (Fsp3) is 0.231. The second-order valence-electron chi connectivity index (χ2n) is 4.43. The molecule has 2 rings (SSSR count). The molecule has 1 unspecified atom stereocenters. The lowest BCUT2D eigenvalue weighted by atomic mass is 10.2. The van der Waals surface area contributed by atoms with E-state index in [-0.39, 0.29) is 11.6 Å². The van der Waals surface area contributed by atoms with Crippen molar-refractivity contribution < 1.29 is 14.7 Å². The van der Waals surface area contributed by atoms with Crippen LogP contribution in [-0.2, 0) is 4.79 Å². The first kappa shape index (κ1) is 14.9. The Hall–Kier alpha value is -2.48. The number of aliphatic carboxylic acids is 1. The summed E-state index contributed by atoms with van der Waals surface area (Å²) < 4.78 is 0. The molecule has 0 spiro atoms. The fourth-order valence-electron chi connectivity index (χ4n) is 1.61. The number of anilines is 1. The zero-order valence-corrected chi connectivity index (χ0v) is 12.3. The van der Waals surface area contributed by atoms with Gasteiger partial charge in [0.05, 0.1) is 0 Å². The average Bonchev–Trinajstić information content (AvgIpc) is 2.98. The molecule has 21 heavy (non-hydrogen) atoms. The number of hydrogen-bond acceptors (Lipinski definition) is 6. The summed E-state index contributed by atoms with van der Waals surface area (Å²) in [5.74, 6) is -0.971. The van der Waals surface area contributed by atoms with Crippen molar-refractivity contribution in [2.24, 2.45) is 0 Å². The van der Waals surface area contributed by atoms with Crippen LogP contribution in [0.2, 0.25) is 0 Å². The third kappa shape index (κ3) is 3.54. The second kappa shape index (κ2) is 6.31. The summed E-state index contributed by atoms with van der Waals surface area (Å²) in [7, 11) is 3.24. The number of amides is 1. The molecule has 2 N–H and O–H groups in total. The van der Waals surface area contributed by atoms with Gasteiger partial charge in [0.1, 0.15) is 5.82 Å². The minimum atomic E-state index is -1.01. The van der Waals surface area contributed by atoms with Gasteiger partial charge in [-0.15, -0.1) is 21.5 Å². The second-order valence-corrected chi connectivity index (χ2v) is 5.41. The highest BCUT2D eigenvalue weighted by Crippen LogP contribution is 2.22. The molecule has 0 bridgehead atoms. The highest BCUT2D eigenvalue weighted by Gasteiger charge is 2.21. The number of carbonyl (C=O) groups is 2. The summed E-state index contributed by atoms with van der Waals surface area (Å²) in [6, 6.07) is 5.66. The van der Waals surface area contributed by atoms with E-state index in [0.29, 0.717) is 10.7 Å². The molecule has 2 heterocycles. The van der Waals surface area contributed by atoms with Crippen LogP contribution in [-0.4, -0.2) is 46.2 Å². The normalized spacial score (nSPS) is 11.7. The molecule has 2 aromatic heterocycles. The van der Waals surface area contributed by atoms with Gasteiger partial charge in [-0.2, -0.15) is 0 Å². The van der Waals surface area contributed by atoms with Crippen molar-refractivity contribution in [1.29, 1.82) is 0 Å². The number of thiophene rings is 1. The average molecular weight is 306 g/mol. The van der Waals surface area contributed by atoms with Crippen molar-refractivity contribution in [1.82, 2.24) is 15.1 Å².